The highest BCUT2D eigenvalue weighted by Gasteiger charge is 2.22. The first-order valence-corrected chi connectivity index (χ1v) is 5.70. The van der Waals surface area contributed by atoms with Gasteiger partial charge in [0.25, 0.3) is 5.91 Å². The summed E-state index contributed by atoms with van der Waals surface area (Å²) in [6.45, 7) is 0. The molecule has 0 bridgehead atoms. The molecule has 2 N–H and O–H groups in total. The Labute approximate surface area is 118 Å². The Hall–Kier alpha value is -3.23. The van der Waals surface area contributed by atoms with E-state index in [0.29, 0.717) is 0 Å². The molecule has 2 aromatic rings. The number of nitrogens with zero attached hydrogens (tertiary/aromatic N) is 3. The summed E-state index contributed by atoms with van der Waals surface area (Å²) >= 11 is 0. The number of rotatable bonds is 4. The van der Waals surface area contributed by atoms with Gasteiger partial charge in [0, 0.05) is 12.3 Å². The Kier molecular flexibility index (Phi) is 3.65. The molecule has 0 aromatic carbocycles. The van der Waals surface area contributed by atoms with E-state index < -0.39 is 16.8 Å². The van der Waals surface area contributed by atoms with Crippen LogP contribution in [0.2, 0.25) is 0 Å². The van der Waals surface area contributed by atoms with Gasteiger partial charge in [0.1, 0.15) is 0 Å². The maximum atomic E-state index is 12.1. The fourth-order valence-corrected chi connectivity index (χ4v) is 1.78. The van der Waals surface area contributed by atoms with Gasteiger partial charge in [-0.25, -0.2) is 9.36 Å². The van der Waals surface area contributed by atoms with E-state index >= 15 is 0 Å². The van der Waals surface area contributed by atoms with E-state index in [0.717, 1.165) is 4.57 Å². The number of hydrogen-bond acceptors (Lipinski definition) is 5. The molecule has 0 saturated carbocycles. The highest BCUT2D eigenvalue weighted by Crippen LogP contribution is 2.18. The Morgan fingerprint density at radius 1 is 1.38 bits per heavy atom. The maximum Gasteiger partial charge on any atom is 0.337 e. The van der Waals surface area contributed by atoms with E-state index in [4.69, 9.17) is 5.11 Å². The first kappa shape index (κ1) is 14.2. The van der Waals surface area contributed by atoms with E-state index in [1.165, 1.54) is 37.6 Å². The zero-order valence-corrected chi connectivity index (χ0v) is 10.8. The van der Waals surface area contributed by atoms with Gasteiger partial charge in [-0.15, -0.1) is 0 Å². The fourth-order valence-electron chi connectivity index (χ4n) is 1.78. The number of aromatic nitrogens is 2. The van der Waals surface area contributed by atoms with Gasteiger partial charge in [-0.2, -0.15) is 0 Å². The van der Waals surface area contributed by atoms with Crippen molar-refractivity contribution in [1.29, 1.82) is 0 Å². The van der Waals surface area contributed by atoms with Crippen LogP contribution >= 0.6 is 0 Å². The highest BCUT2D eigenvalue weighted by molar-refractivity contribution is 6.07. The summed E-state index contributed by atoms with van der Waals surface area (Å²) in [5.41, 5.74) is -0.0807. The van der Waals surface area contributed by atoms with Gasteiger partial charge in [-0.1, -0.05) is 0 Å². The molecule has 0 saturated heterocycles. The van der Waals surface area contributed by atoms with Crippen LogP contribution in [0.4, 0.5) is 11.5 Å². The first-order valence-electron chi connectivity index (χ1n) is 5.70. The molecule has 1 amide bonds. The van der Waals surface area contributed by atoms with Crippen molar-refractivity contribution in [1.82, 2.24) is 9.55 Å². The molecular formula is C12H10N4O5. The Morgan fingerprint density at radius 3 is 2.67 bits per heavy atom. The quantitative estimate of drug-likeness (QED) is 0.644. The number of carbonyl (C=O) groups excluding carboxylic acids is 1. The standard InChI is InChI=1S/C12H10N4O5/c1-15-9(2-3-10(15)16(20)21)11(17)14-8-6-13-5-4-7(8)12(18)19/h2-6H,1H3,(H,14,17)(H,18,19). The lowest BCUT2D eigenvalue weighted by Crippen LogP contribution is -2.18. The van der Waals surface area contributed by atoms with Gasteiger partial charge in [0.05, 0.1) is 24.5 Å². The fraction of sp³-hybridized carbons (Fsp3) is 0.0833. The molecule has 9 nitrogen and oxygen atoms in total. The van der Waals surface area contributed by atoms with Crippen LogP contribution in [-0.4, -0.2) is 31.5 Å². The van der Waals surface area contributed by atoms with Gasteiger partial charge in [0.15, 0.2) is 5.69 Å². The normalized spacial score (nSPS) is 10.1. The largest absolute Gasteiger partial charge is 0.478 e. The second kappa shape index (κ2) is 5.41. The number of carboxylic acid groups (broad SMARTS) is 1. The molecular weight excluding hydrogens is 280 g/mol. The molecule has 0 fully saturated rings. The van der Waals surface area contributed by atoms with Crippen LogP contribution in [-0.2, 0) is 7.05 Å². The molecule has 108 valence electrons. The average molecular weight is 290 g/mol. The molecule has 2 aromatic heterocycles. The van der Waals surface area contributed by atoms with Crippen LogP contribution in [0.15, 0.2) is 30.6 Å². The number of carboxylic acids is 1. The zero-order chi connectivity index (χ0) is 15.6. The minimum absolute atomic E-state index is 0.0128. The lowest BCUT2D eigenvalue weighted by atomic mass is 10.2. The first-order chi connectivity index (χ1) is 9.91. The smallest absolute Gasteiger partial charge is 0.337 e. The number of carbonyl (C=O) groups is 2. The van der Waals surface area contributed by atoms with Crippen LogP contribution in [0.25, 0.3) is 0 Å². The maximum absolute atomic E-state index is 12.1. The number of pyridine rings is 1. The Bertz CT molecular complexity index is 737. The lowest BCUT2D eigenvalue weighted by Gasteiger charge is -2.06. The van der Waals surface area contributed by atoms with Gasteiger partial charge >= 0.3 is 11.8 Å². The summed E-state index contributed by atoms with van der Waals surface area (Å²) in [7, 11) is 1.37. The van der Waals surface area contributed by atoms with Gasteiger partial charge in [-0.3, -0.25) is 9.78 Å². The predicted molar refractivity (Wildman–Crippen MR) is 71.2 cm³/mol. The van der Waals surface area contributed by atoms with Gasteiger partial charge < -0.3 is 20.5 Å². The van der Waals surface area contributed by atoms with Crippen molar-refractivity contribution in [3.05, 3.63) is 52.0 Å². The number of amides is 1. The van der Waals surface area contributed by atoms with Gasteiger partial charge in [-0.05, 0) is 17.1 Å². The molecule has 2 rings (SSSR count). The number of aromatic carboxylic acids is 1. The minimum Gasteiger partial charge on any atom is -0.478 e. The van der Waals surface area contributed by atoms with Crippen molar-refractivity contribution in [3.63, 3.8) is 0 Å². The summed E-state index contributed by atoms with van der Waals surface area (Å²) in [5, 5.41) is 22.1. The summed E-state index contributed by atoms with van der Waals surface area (Å²) in [6.07, 6.45) is 2.48. The van der Waals surface area contributed by atoms with E-state index in [2.05, 4.69) is 10.3 Å². The molecule has 0 atom stereocenters. The van der Waals surface area contributed by atoms with E-state index in [9.17, 15) is 19.7 Å². The summed E-state index contributed by atoms with van der Waals surface area (Å²) < 4.78 is 1.10. The number of nitrogens with one attached hydrogen (secondary N) is 1. The number of nitro groups is 1. The van der Waals surface area contributed by atoms with Crippen molar-refractivity contribution >= 4 is 23.4 Å². The zero-order valence-electron chi connectivity index (χ0n) is 10.8. The van der Waals surface area contributed by atoms with Crippen molar-refractivity contribution < 1.29 is 19.6 Å². The summed E-state index contributed by atoms with van der Waals surface area (Å²) in [4.78, 5) is 36.9. The Balaban J connectivity index is 2.31. The Morgan fingerprint density at radius 2 is 2.10 bits per heavy atom. The third kappa shape index (κ3) is 2.71. The highest BCUT2D eigenvalue weighted by atomic mass is 16.6. The number of anilines is 1. The van der Waals surface area contributed by atoms with E-state index in [-0.39, 0.29) is 22.8 Å². The predicted octanol–water partition coefficient (Wildman–Crippen LogP) is 1.28. The topological polar surface area (TPSA) is 127 Å². The monoisotopic (exact) mass is 290 g/mol. The summed E-state index contributed by atoms with van der Waals surface area (Å²) in [5.74, 6) is -2.13. The van der Waals surface area contributed by atoms with Crippen LogP contribution in [0, 0.1) is 10.1 Å². The van der Waals surface area contributed by atoms with Crippen LogP contribution < -0.4 is 5.32 Å². The molecule has 0 radical (unpaired) electrons. The van der Waals surface area contributed by atoms with E-state index in [1.54, 1.807) is 0 Å². The molecule has 0 unspecified atom stereocenters. The molecule has 21 heavy (non-hydrogen) atoms. The second-order valence-electron chi connectivity index (χ2n) is 4.07. The van der Waals surface area contributed by atoms with Crippen molar-refractivity contribution in [3.8, 4) is 0 Å². The van der Waals surface area contributed by atoms with Crippen LogP contribution in [0.3, 0.4) is 0 Å². The molecule has 9 heteroatoms. The molecule has 0 aliphatic heterocycles. The lowest BCUT2D eigenvalue weighted by molar-refractivity contribution is -0.391. The van der Waals surface area contributed by atoms with Crippen LogP contribution in [0.5, 0.6) is 0 Å². The van der Waals surface area contributed by atoms with Crippen LogP contribution in [0.1, 0.15) is 20.8 Å². The molecule has 0 spiro atoms. The molecule has 0 aliphatic carbocycles. The third-order valence-electron chi connectivity index (χ3n) is 2.81. The average Bonchev–Trinajstić information content (AvgIpc) is 2.81. The van der Waals surface area contributed by atoms with E-state index in [1.807, 2.05) is 0 Å². The summed E-state index contributed by atoms with van der Waals surface area (Å²) in [6, 6.07) is 3.71. The molecule has 2 heterocycles. The second-order valence-corrected chi connectivity index (χ2v) is 4.07. The third-order valence-corrected chi connectivity index (χ3v) is 2.81. The SMILES string of the molecule is Cn1c(C(=O)Nc2cnccc2C(=O)O)ccc1[N+](=O)[O-]. The van der Waals surface area contributed by atoms with Crippen molar-refractivity contribution in [2.24, 2.45) is 7.05 Å². The van der Waals surface area contributed by atoms with Gasteiger partial charge in [0.2, 0.25) is 0 Å². The van der Waals surface area contributed by atoms with Crippen molar-refractivity contribution in [2.45, 2.75) is 0 Å². The van der Waals surface area contributed by atoms with Crippen molar-refractivity contribution in [2.75, 3.05) is 5.32 Å². The minimum atomic E-state index is -1.22. The number of hydrogen-bond donors (Lipinski definition) is 2. The molecule has 0 aliphatic rings.